The first kappa shape index (κ1) is 40.1. The number of hydrogen-bond acceptors (Lipinski definition) is 11. The van der Waals surface area contributed by atoms with E-state index in [1.807, 2.05) is 59.2 Å². The molecule has 6 atom stereocenters. The molecule has 0 radical (unpaired) electrons. The maximum absolute atomic E-state index is 15.4. The maximum atomic E-state index is 15.4. The average Bonchev–Trinajstić information content (AvgIpc) is 3.71. The van der Waals surface area contributed by atoms with Crippen molar-refractivity contribution in [2.45, 2.75) is 154 Å². The van der Waals surface area contributed by atoms with E-state index in [9.17, 15) is 19.5 Å². The smallest absolute Gasteiger partial charge is 0.333 e. The lowest BCUT2D eigenvalue weighted by Gasteiger charge is -2.56. The van der Waals surface area contributed by atoms with Crippen molar-refractivity contribution in [1.29, 1.82) is 0 Å². The molecule has 1 spiro atoms. The number of imidazole rings is 1. The molecule has 9 rings (SSSR count). The van der Waals surface area contributed by atoms with Gasteiger partial charge in [-0.05, 0) is 100 Å². The molecule has 2 saturated carbocycles. The number of fused-ring (bicyclic) bond motifs is 3. The number of Topliss-reactive ketones (excluding diaryl/α,β-unsaturated/α-hetero) is 2. The summed E-state index contributed by atoms with van der Waals surface area (Å²) in [5.41, 5.74) is -1.45. The van der Waals surface area contributed by atoms with Gasteiger partial charge in [-0.25, -0.2) is 9.78 Å². The summed E-state index contributed by atoms with van der Waals surface area (Å²) < 4.78 is 34.5. The molecule has 12 nitrogen and oxygen atoms in total. The van der Waals surface area contributed by atoms with Crippen LogP contribution in [0.2, 0.25) is 0 Å². The molecule has 12 heteroatoms. The van der Waals surface area contributed by atoms with E-state index in [1.54, 1.807) is 31.6 Å². The molecule has 4 aliphatic carbocycles. The molecule has 3 fully saturated rings. The predicted molar refractivity (Wildman–Crippen MR) is 213 cm³/mol. The fourth-order valence-corrected chi connectivity index (χ4v) is 11.0. The van der Waals surface area contributed by atoms with Crippen LogP contribution in [0, 0.1) is 11.8 Å². The summed E-state index contributed by atoms with van der Waals surface area (Å²) in [7, 11) is 0. The Hall–Kier alpha value is -4.71. The normalized spacial score (nSPS) is 31.3. The molecule has 58 heavy (non-hydrogen) atoms. The lowest BCUT2D eigenvalue weighted by Crippen LogP contribution is -2.72. The second-order valence-corrected chi connectivity index (χ2v) is 18.9. The lowest BCUT2D eigenvalue weighted by molar-refractivity contribution is -0.171. The number of hydrogen-bond donors (Lipinski definition) is 1. The highest BCUT2D eigenvalue weighted by molar-refractivity contribution is 6.18. The second kappa shape index (κ2) is 13.7. The number of phenols is 1. The second-order valence-electron chi connectivity index (χ2n) is 18.9. The van der Waals surface area contributed by atoms with E-state index in [4.69, 9.17) is 23.7 Å². The number of phenolic OH excluding ortho intramolecular Hbond substituents is 1. The fraction of sp³-hybridized carbons (Fsp3) is 0.587. The number of allylic oxidation sites excluding steroid dienone is 3. The van der Waals surface area contributed by atoms with Crippen molar-refractivity contribution in [3.8, 4) is 17.2 Å². The molecule has 4 bridgehead atoms. The minimum atomic E-state index is -1.63. The SMILES string of the molecule is CC(=O)OC1(C)CCC(=C(C)C)C(c2c(O)c3c(c4c2OC(C)(C)CC4)O[C@]24C(=C[C@@H]5C[C@H]2C(C)(C)O[C@@]4(C/C=C(/C)C(=O)OCCCn2ccnc2)C5=O)C3=O)C1. The zero-order chi connectivity index (χ0) is 41.7. The number of aromatic nitrogens is 2. The van der Waals surface area contributed by atoms with Crippen molar-refractivity contribution >= 4 is 23.5 Å². The fourth-order valence-electron chi connectivity index (χ4n) is 11.0. The Bertz CT molecular complexity index is 2210. The Labute approximate surface area is 340 Å². The number of aryl methyl sites for hydroxylation is 1. The summed E-state index contributed by atoms with van der Waals surface area (Å²) in [6.07, 6.45) is 12.4. The first-order valence-electron chi connectivity index (χ1n) is 20.7. The van der Waals surface area contributed by atoms with Crippen molar-refractivity contribution in [3.63, 3.8) is 0 Å². The number of ether oxygens (including phenoxy) is 5. The van der Waals surface area contributed by atoms with Crippen LogP contribution in [0.5, 0.6) is 17.2 Å². The van der Waals surface area contributed by atoms with Gasteiger partial charge in [-0.15, -0.1) is 0 Å². The quantitative estimate of drug-likeness (QED) is 0.116. The predicted octanol–water partition coefficient (Wildman–Crippen LogP) is 7.59. The van der Waals surface area contributed by atoms with Crippen LogP contribution in [0.15, 0.2) is 53.2 Å². The number of benzene rings is 1. The molecule has 0 amide bonds. The number of aromatic hydroxyl groups is 1. The highest BCUT2D eigenvalue weighted by atomic mass is 16.6. The van der Waals surface area contributed by atoms with Gasteiger partial charge in [0.15, 0.2) is 22.8 Å². The van der Waals surface area contributed by atoms with Crippen LogP contribution in [0.3, 0.4) is 0 Å². The molecule has 1 aromatic carbocycles. The third-order valence-electron chi connectivity index (χ3n) is 13.7. The van der Waals surface area contributed by atoms with Crippen molar-refractivity contribution in [3.05, 3.63) is 69.9 Å². The summed E-state index contributed by atoms with van der Waals surface area (Å²) in [5.74, 6) is -2.46. The largest absolute Gasteiger partial charge is 0.507 e. The highest BCUT2D eigenvalue weighted by Gasteiger charge is 2.81. The molecule has 4 heterocycles. The Kier molecular flexibility index (Phi) is 9.45. The average molecular weight is 797 g/mol. The van der Waals surface area contributed by atoms with Crippen LogP contribution in [0.1, 0.15) is 135 Å². The number of ketones is 2. The molecule has 3 aliphatic heterocycles. The van der Waals surface area contributed by atoms with Gasteiger partial charge in [-0.2, -0.15) is 0 Å². The van der Waals surface area contributed by atoms with E-state index in [0.29, 0.717) is 79.5 Å². The first-order chi connectivity index (χ1) is 27.2. The Balaban J connectivity index is 1.23. The monoisotopic (exact) mass is 796 g/mol. The van der Waals surface area contributed by atoms with Crippen LogP contribution < -0.4 is 9.47 Å². The summed E-state index contributed by atoms with van der Waals surface area (Å²) >= 11 is 0. The molecular weight excluding hydrogens is 741 g/mol. The first-order valence-corrected chi connectivity index (χ1v) is 20.7. The van der Waals surface area contributed by atoms with Crippen molar-refractivity contribution < 1.29 is 48.0 Å². The van der Waals surface area contributed by atoms with Crippen LogP contribution in [-0.4, -0.2) is 72.8 Å². The molecule has 2 unspecified atom stereocenters. The van der Waals surface area contributed by atoms with E-state index < -0.39 is 57.5 Å². The minimum Gasteiger partial charge on any atom is -0.507 e. The third-order valence-corrected chi connectivity index (χ3v) is 13.7. The summed E-state index contributed by atoms with van der Waals surface area (Å²) in [4.78, 5) is 59.7. The van der Waals surface area contributed by atoms with Crippen LogP contribution in [0.4, 0.5) is 0 Å². The van der Waals surface area contributed by atoms with Crippen LogP contribution in [-0.2, 0) is 41.6 Å². The third kappa shape index (κ3) is 6.06. The number of rotatable bonds is 9. The zero-order valence-electron chi connectivity index (χ0n) is 35.2. The standard InChI is InChI=1S/C46H56N2O10/c1-25(2)29-13-15-44(9,55-27(4)49)23-31(29)34-37(51)35-36(50)32-21-28-22-33-43(7,8)58-45(40(28)52,16-11-26(3)41(53)54-20-10-18-48-19-17-47-24-48)46(32,33)57-39(35)30-12-14-42(5,6)56-38(30)34/h11,17,19,21,24,28,31,33,51H,10,12-16,18,20,22-23H2,1-9H3/b26-11-/t28-,31?,33+,44?,45+,46-/m1/s1. The Morgan fingerprint density at radius 3 is 2.48 bits per heavy atom. The van der Waals surface area contributed by atoms with Gasteiger partial charge in [0.1, 0.15) is 34.0 Å². The molecule has 1 saturated heterocycles. The van der Waals surface area contributed by atoms with E-state index in [-0.39, 0.29) is 41.8 Å². The van der Waals surface area contributed by atoms with Gasteiger partial charge in [-0.1, -0.05) is 23.3 Å². The Morgan fingerprint density at radius 1 is 1.03 bits per heavy atom. The van der Waals surface area contributed by atoms with E-state index >= 15 is 4.79 Å². The molecule has 7 aliphatic rings. The molecule has 1 aromatic heterocycles. The van der Waals surface area contributed by atoms with Gasteiger partial charge in [0.05, 0.1) is 18.5 Å². The number of carbonyl (C=O) groups is 4. The van der Waals surface area contributed by atoms with Gasteiger partial charge in [-0.3, -0.25) is 14.4 Å². The maximum Gasteiger partial charge on any atom is 0.333 e. The van der Waals surface area contributed by atoms with Gasteiger partial charge >= 0.3 is 11.9 Å². The van der Waals surface area contributed by atoms with Crippen LogP contribution in [0.25, 0.3) is 0 Å². The molecule has 2 aromatic rings. The minimum absolute atomic E-state index is 0.0191. The van der Waals surface area contributed by atoms with Gasteiger partial charge in [0.2, 0.25) is 0 Å². The highest BCUT2D eigenvalue weighted by Crippen LogP contribution is 2.69. The van der Waals surface area contributed by atoms with Gasteiger partial charge in [0.25, 0.3) is 0 Å². The van der Waals surface area contributed by atoms with Crippen LogP contribution >= 0.6 is 0 Å². The Morgan fingerprint density at radius 2 is 1.79 bits per heavy atom. The van der Waals surface area contributed by atoms with Crippen molar-refractivity contribution in [2.24, 2.45) is 11.8 Å². The van der Waals surface area contributed by atoms with E-state index in [2.05, 4.69) is 4.98 Å². The number of nitrogens with zero attached hydrogens (tertiary/aromatic N) is 2. The zero-order valence-corrected chi connectivity index (χ0v) is 35.2. The number of carbonyl (C=O) groups excluding carboxylic acids is 4. The van der Waals surface area contributed by atoms with Crippen molar-refractivity contribution in [2.75, 3.05) is 6.61 Å². The summed E-state index contributed by atoms with van der Waals surface area (Å²) in [6.45, 7) is 17.8. The van der Waals surface area contributed by atoms with Crippen molar-refractivity contribution in [1.82, 2.24) is 9.55 Å². The lowest BCUT2D eigenvalue weighted by atomic mass is 9.51. The summed E-state index contributed by atoms with van der Waals surface area (Å²) in [6, 6.07) is 0. The molecule has 1 N–H and O–H groups in total. The number of esters is 2. The van der Waals surface area contributed by atoms with E-state index in [0.717, 1.165) is 11.1 Å². The van der Waals surface area contributed by atoms with E-state index in [1.165, 1.54) is 6.92 Å². The van der Waals surface area contributed by atoms with Gasteiger partial charge < -0.3 is 33.4 Å². The molecular formula is C46H56N2O10. The summed E-state index contributed by atoms with van der Waals surface area (Å²) in [5, 5.41) is 12.6. The molecule has 310 valence electrons. The topological polar surface area (TPSA) is 152 Å². The van der Waals surface area contributed by atoms with Gasteiger partial charge in [0, 0.05) is 72.3 Å².